The molecule has 1 aromatic heterocycles. The number of amides is 1. The largest absolute Gasteiger partial charge is 0.375 e. The average molecular weight is 278 g/mol. The van der Waals surface area contributed by atoms with E-state index in [1.165, 1.54) is 12.8 Å². The summed E-state index contributed by atoms with van der Waals surface area (Å²) in [5.74, 6) is 1.77. The van der Waals surface area contributed by atoms with E-state index in [1.807, 2.05) is 4.90 Å². The second-order valence-corrected chi connectivity index (χ2v) is 5.82. The Morgan fingerprint density at radius 2 is 2.25 bits per heavy atom. The van der Waals surface area contributed by atoms with E-state index in [2.05, 4.69) is 14.8 Å². The Labute approximate surface area is 119 Å². The van der Waals surface area contributed by atoms with Gasteiger partial charge in [0.1, 0.15) is 12.9 Å². The van der Waals surface area contributed by atoms with E-state index in [9.17, 15) is 4.79 Å². The van der Waals surface area contributed by atoms with Gasteiger partial charge >= 0.3 is 0 Å². The zero-order valence-corrected chi connectivity index (χ0v) is 12.0. The number of nitrogens with zero attached hydrogens (tertiary/aromatic N) is 4. The summed E-state index contributed by atoms with van der Waals surface area (Å²) in [7, 11) is 1.56. The molecule has 6 heteroatoms. The summed E-state index contributed by atoms with van der Waals surface area (Å²) in [5.41, 5.74) is 0. The molecule has 1 aliphatic carbocycles. The highest BCUT2D eigenvalue weighted by atomic mass is 16.5. The van der Waals surface area contributed by atoms with Crippen LogP contribution in [0.25, 0.3) is 0 Å². The van der Waals surface area contributed by atoms with E-state index < -0.39 is 0 Å². The van der Waals surface area contributed by atoms with Gasteiger partial charge in [-0.15, -0.1) is 10.2 Å². The van der Waals surface area contributed by atoms with Gasteiger partial charge in [0, 0.05) is 20.2 Å². The van der Waals surface area contributed by atoms with Gasteiger partial charge in [0.25, 0.3) is 0 Å². The molecule has 1 amide bonds. The number of methoxy groups -OCH3 is 1. The molecule has 1 saturated carbocycles. The molecule has 1 saturated heterocycles. The minimum absolute atomic E-state index is 0.0539. The fraction of sp³-hybridized carbons (Fsp3) is 0.786. The maximum Gasteiger partial charge on any atom is 0.249 e. The van der Waals surface area contributed by atoms with Crippen LogP contribution in [0, 0.1) is 5.92 Å². The number of rotatable bonds is 5. The van der Waals surface area contributed by atoms with Gasteiger partial charge in [0.15, 0.2) is 5.82 Å². The van der Waals surface area contributed by atoms with Crippen LogP contribution in [0.15, 0.2) is 6.33 Å². The summed E-state index contributed by atoms with van der Waals surface area (Å²) in [4.78, 5) is 14.1. The van der Waals surface area contributed by atoms with E-state index in [0.717, 1.165) is 44.1 Å². The van der Waals surface area contributed by atoms with E-state index in [-0.39, 0.29) is 18.6 Å². The van der Waals surface area contributed by atoms with Crippen molar-refractivity contribution in [2.75, 3.05) is 20.3 Å². The van der Waals surface area contributed by atoms with Gasteiger partial charge in [-0.2, -0.15) is 0 Å². The summed E-state index contributed by atoms with van der Waals surface area (Å²) >= 11 is 0. The van der Waals surface area contributed by atoms with Crippen molar-refractivity contribution in [3.8, 4) is 0 Å². The summed E-state index contributed by atoms with van der Waals surface area (Å²) in [6.07, 6.45) is 7.57. The van der Waals surface area contributed by atoms with Gasteiger partial charge in [-0.1, -0.05) is 0 Å². The SMILES string of the molecule is COCC(=O)N1CCCCC1c1nncn1CC1CC1. The third-order valence-corrected chi connectivity index (χ3v) is 4.19. The second-order valence-electron chi connectivity index (χ2n) is 5.82. The maximum atomic E-state index is 12.2. The van der Waals surface area contributed by atoms with Gasteiger partial charge in [-0.3, -0.25) is 4.79 Å². The molecule has 0 N–H and O–H groups in total. The number of likely N-dealkylation sites (tertiary alicyclic amines) is 1. The van der Waals surface area contributed by atoms with Crippen LogP contribution in [0.4, 0.5) is 0 Å². The first-order valence-corrected chi connectivity index (χ1v) is 7.45. The molecule has 0 spiro atoms. The van der Waals surface area contributed by atoms with Crippen LogP contribution in [-0.4, -0.2) is 45.8 Å². The Balaban J connectivity index is 1.78. The molecule has 0 aromatic carbocycles. The van der Waals surface area contributed by atoms with Gasteiger partial charge < -0.3 is 14.2 Å². The molecule has 20 heavy (non-hydrogen) atoms. The Hall–Kier alpha value is -1.43. The lowest BCUT2D eigenvalue weighted by molar-refractivity contribution is -0.139. The monoisotopic (exact) mass is 278 g/mol. The molecule has 3 rings (SSSR count). The first kappa shape index (κ1) is 13.5. The fourth-order valence-electron chi connectivity index (χ4n) is 2.95. The number of ether oxygens (including phenoxy) is 1. The maximum absolute atomic E-state index is 12.2. The standard InChI is InChI=1S/C14H22N4O2/c1-20-9-13(19)18-7-3-2-4-12(18)14-16-15-10-17(14)8-11-5-6-11/h10-12H,2-9H2,1H3. The van der Waals surface area contributed by atoms with Crippen molar-refractivity contribution in [3.63, 3.8) is 0 Å². The molecule has 110 valence electrons. The molecule has 6 nitrogen and oxygen atoms in total. The Morgan fingerprint density at radius 3 is 3.00 bits per heavy atom. The molecule has 1 aliphatic heterocycles. The number of carbonyl (C=O) groups is 1. The van der Waals surface area contributed by atoms with E-state index in [0.29, 0.717) is 0 Å². The summed E-state index contributed by atoms with van der Waals surface area (Å²) in [6, 6.07) is 0.0626. The number of hydrogen-bond donors (Lipinski definition) is 0. The summed E-state index contributed by atoms with van der Waals surface area (Å²) in [6.45, 7) is 1.93. The second kappa shape index (κ2) is 5.91. The number of piperidine rings is 1. The van der Waals surface area contributed by atoms with Gasteiger partial charge in [0.05, 0.1) is 6.04 Å². The van der Waals surface area contributed by atoms with E-state index in [1.54, 1.807) is 13.4 Å². The fourth-order valence-corrected chi connectivity index (χ4v) is 2.95. The first-order valence-electron chi connectivity index (χ1n) is 7.45. The minimum atomic E-state index is 0.0539. The molecule has 1 atom stereocenters. The quantitative estimate of drug-likeness (QED) is 0.816. The van der Waals surface area contributed by atoms with Crippen molar-refractivity contribution in [2.45, 2.75) is 44.7 Å². The van der Waals surface area contributed by atoms with Crippen LogP contribution < -0.4 is 0 Å². The number of hydrogen-bond acceptors (Lipinski definition) is 4. The molecule has 2 aliphatic rings. The molecule has 0 radical (unpaired) electrons. The molecule has 2 heterocycles. The zero-order valence-electron chi connectivity index (χ0n) is 12.0. The smallest absolute Gasteiger partial charge is 0.249 e. The predicted octanol–water partition coefficient (Wildman–Crippen LogP) is 1.39. The van der Waals surface area contributed by atoms with Crippen molar-refractivity contribution >= 4 is 5.91 Å². The molecule has 1 aromatic rings. The van der Waals surface area contributed by atoms with Crippen molar-refractivity contribution < 1.29 is 9.53 Å². The first-order chi connectivity index (χ1) is 9.79. The number of aromatic nitrogens is 3. The van der Waals surface area contributed by atoms with Crippen LogP contribution in [0.3, 0.4) is 0 Å². The highest BCUT2D eigenvalue weighted by Gasteiger charge is 2.32. The third-order valence-electron chi connectivity index (χ3n) is 4.19. The Morgan fingerprint density at radius 1 is 1.40 bits per heavy atom. The summed E-state index contributed by atoms with van der Waals surface area (Å²) in [5, 5.41) is 8.35. The molecular weight excluding hydrogens is 256 g/mol. The van der Waals surface area contributed by atoms with Crippen molar-refractivity contribution in [3.05, 3.63) is 12.2 Å². The van der Waals surface area contributed by atoms with Crippen molar-refractivity contribution in [1.82, 2.24) is 19.7 Å². The van der Waals surface area contributed by atoms with Crippen LogP contribution >= 0.6 is 0 Å². The Kier molecular flexibility index (Phi) is 4.00. The van der Waals surface area contributed by atoms with Crippen LogP contribution in [0.5, 0.6) is 0 Å². The van der Waals surface area contributed by atoms with Crippen LogP contribution in [0.1, 0.15) is 44.0 Å². The lowest BCUT2D eigenvalue weighted by Crippen LogP contribution is -2.41. The molecule has 1 unspecified atom stereocenters. The summed E-state index contributed by atoms with van der Waals surface area (Å²) < 4.78 is 7.13. The van der Waals surface area contributed by atoms with Gasteiger partial charge in [-0.05, 0) is 38.0 Å². The molecule has 2 fully saturated rings. The van der Waals surface area contributed by atoms with Crippen molar-refractivity contribution in [2.24, 2.45) is 5.92 Å². The normalized spacial score (nSPS) is 23.1. The topological polar surface area (TPSA) is 60.2 Å². The lowest BCUT2D eigenvalue weighted by atomic mass is 10.0. The van der Waals surface area contributed by atoms with Crippen LogP contribution in [-0.2, 0) is 16.1 Å². The average Bonchev–Trinajstić information content (AvgIpc) is 3.15. The van der Waals surface area contributed by atoms with Crippen LogP contribution in [0.2, 0.25) is 0 Å². The molecular formula is C14H22N4O2. The molecule has 0 bridgehead atoms. The third kappa shape index (κ3) is 2.85. The van der Waals surface area contributed by atoms with Crippen molar-refractivity contribution in [1.29, 1.82) is 0 Å². The zero-order chi connectivity index (χ0) is 13.9. The predicted molar refractivity (Wildman–Crippen MR) is 72.9 cm³/mol. The van der Waals surface area contributed by atoms with Gasteiger partial charge in [-0.25, -0.2) is 0 Å². The van der Waals surface area contributed by atoms with E-state index in [4.69, 9.17) is 4.74 Å². The van der Waals surface area contributed by atoms with Gasteiger partial charge in [0.2, 0.25) is 5.91 Å². The highest BCUT2D eigenvalue weighted by molar-refractivity contribution is 5.78. The minimum Gasteiger partial charge on any atom is -0.375 e. The highest BCUT2D eigenvalue weighted by Crippen LogP contribution is 2.34. The number of carbonyl (C=O) groups excluding carboxylic acids is 1. The lowest BCUT2D eigenvalue weighted by Gasteiger charge is -2.35. The van der Waals surface area contributed by atoms with E-state index >= 15 is 0 Å². The Bertz CT molecular complexity index is 469.